The van der Waals surface area contributed by atoms with Gasteiger partial charge in [0.25, 0.3) is 0 Å². The van der Waals surface area contributed by atoms with Gasteiger partial charge in [0.2, 0.25) is 0 Å². The maximum Gasteiger partial charge on any atom is 0.329 e. The summed E-state index contributed by atoms with van der Waals surface area (Å²) in [5.41, 5.74) is 3.97. The molecule has 0 fully saturated rings. The molecule has 22 heavy (non-hydrogen) atoms. The molecule has 0 aliphatic carbocycles. The molecule has 0 radical (unpaired) electrons. The highest BCUT2D eigenvalue weighted by atomic mass is 16.5. The Morgan fingerprint density at radius 3 is 2.91 bits per heavy atom. The molecule has 1 atom stereocenters. The smallest absolute Gasteiger partial charge is 0.329 e. The molecule has 3 rings (SSSR count). The standard InChI is InChI=1S/C17H19N3O2/c1-3-22-17(21)16-8-13-6-4-5-7-14(13)10-20(16)12(2)15-9-18-11-19-15/h4-7,9,11,16H,2-3,8,10H2,1H3,(H,18,19). The van der Waals surface area contributed by atoms with E-state index in [4.69, 9.17) is 4.74 Å². The van der Waals surface area contributed by atoms with Crippen LogP contribution in [-0.2, 0) is 22.5 Å². The number of ether oxygens (including phenoxy) is 1. The fourth-order valence-electron chi connectivity index (χ4n) is 2.82. The molecule has 0 bridgehead atoms. The number of esters is 1. The van der Waals surface area contributed by atoms with Gasteiger partial charge in [-0.05, 0) is 18.1 Å². The molecule has 2 aromatic rings. The van der Waals surface area contributed by atoms with Gasteiger partial charge in [0.05, 0.1) is 30.5 Å². The zero-order valence-corrected chi connectivity index (χ0v) is 12.6. The minimum atomic E-state index is -0.356. The molecule has 1 aromatic carbocycles. The highest BCUT2D eigenvalue weighted by molar-refractivity contribution is 5.79. The lowest BCUT2D eigenvalue weighted by molar-refractivity contribution is -0.148. The van der Waals surface area contributed by atoms with E-state index in [0.717, 1.165) is 11.4 Å². The monoisotopic (exact) mass is 297 g/mol. The van der Waals surface area contributed by atoms with Gasteiger partial charge in [-0.25, -0.2) is 9.78 Å². The van der Waals surface area contributed by atoms with Gasteiger partial charge in [-0.2, -0.15) is 0 Å². The molecular formula is C17H19N3O2. The highest BCUT2D eigenvalue weighted by Crippen LogP contribution is 2.29. The second-order valence-electron chi connectivity index (χ2n) is 5.28. The average Bonchev–Trinajstić information content (AvgIpc) is 3.07. The summed E-state index contributed by atoms with van der Waals surface area (Å²) in [7, 11) is 0. The van der Waals surface area contributed by atoms with Crippen LogP contribution in [0.3, 0.4) is 0 Å². The number of rotatable bonds is 4. The minimum Gasteiger partial charge on any atom is -0.464 e. The number of fused-ring (bicyclic) bond motifs is 1. The number of hydrogen-bond acceptors (Lipinski definition) is 4. The zero-order chi connectivity index (χ0) is 15.5. The van der Waals surface area contributed by atoms with Gasteiger partial charge in [0, 0.05) is 13.0 Å². The lowest BCUT2D eigenvalue weighted by atomic mass is 9.93. The summed E-state index contributed by atoms with van der Waals surface area (Å²) in [5.74, 6) is -0.210. The molecule has 0 saturated heterocycles. The maximum atomic E-state index is 12.4. The normalized spacial score (nSPS) is 17.0. The minimum absolute atomic E-state index is 0.210. The van der Waals surface area contributed by atoms with Crippen LogP contribution in [0.2, 0.25) is 0 Å². The van der Waals surface area contributed by atoms with E-state index in [2.05, 4.69) is 28.7 Å². The van der Waals surface area contributed by atoms with Gasteiger partial charge in [-0.3, -0.25) is 0 Å². The Labute approximate surface area is 129 Å². The van der Waals surface area contributed by atoms with E-state index in [9.17, 15) is 4.79 Å². The van der Waals surface area contributed by atoms with Gasteiger partial charge in [-0.1, -0.05) is 30.8 Å². The van der Waals surface area contributed by atoms with Gasteiger partial charge in [0.15, 0.2) is 0 Å². The topological polar surface area (TPSA) is 58.2 Å². The second kappa shape index (κ2) is 6.05. The summed E-state index contributed by atoms with van der Waals surface area (Å²) in [4.78, 5) is 21.4. The van der Waals surface area contributed by atoms with Crippen molar-refractivity contribution in [2.24, 2.45) is 0 Å². The van der Waals surface area contributed by atoms with Crippen molar-refractivity contribution in [3.63, 3.8) is 0 Å². The third kappa shape index (κ3) is 2.62. The first kappa shape index (κ1) is 14.4. The number of H-pyrrole nitrogens is 1. The van der Waals surface area contributed by atoms with Crippen molar-refractivity contribution in [2.75, 3.05) is 6.61 Å². The van der Waals surface area contributed by atoms with Crippen molar-refractivity contribution in [3.8, 4) is 0 Å². The Kier molecular flexibility index (Phi) is 3.96. The summed E-state index contributed by atoms with van der Waals surface area (Å²) >= 11 is 0. The van der Waals surface area contributed by atoms with E-state index >= 15 is 0 Å². The molecule has 1 aliphatic heterocycles. The number of nitrogens with one attached hydrogen (secondary N) is 1. The Balaban J connectivity index is 1.94. The fraction of sp³-hybridized carbons (Fsp3) is 0.294. The number of carbonyl (C=O) groups excluding carboxylic acids is 1. The summed E-state index contributed by atoms with van der Waals surface area (Å²) in [6, 6.07) is 7.81. The fourth-order valence-corrected chi connectivity index (χ4v) is 2.82. The van der Waals surface area contributed by atoms with E-state index in [1.165, 1.54) is 11.1 Å². The van der Waals surface area contributed by atoms with Gasteiger partial charge in [0.1, 0.15) is 6.04 Å². The van der Waals surface area contributed by atoms with Crippen LogP contribution >= 0.6 is 0 Å². The lowest BCUT2D eigenvalue weighted by Crippen LogP contribution is -2.45. The quantitative estimate of drug-likeness (QED) is 0.880. The molecule has 0 saturated carbocycles. The van der Waals surface area contributed by atoms with Crippen LogP contribution in [0.5, 0.6) is 0 Å². The number of hydrogen-bond donors (Lipinski definition) is 1. The van der Waals surface area contributed by atoms with Gasteiger partial charge < -0.3 is 14.6 Å². The van der Waals surface area contributed by atoms with E-state index in [1.807, 2.05) is 24.0 Å². The van der Waals surface area contributed by atoms with Crippen LogP contribution in [0.1, 0.15) is 23.7 Å². The molecule has 1 unspecified atom stereocenters. The van der Waals surface area contributed by atoms with Crippen molar-refractivity contribution in [1.29, 1.82) is 0 Å². The van der Waals surface area contributed by atoms with Crippen molar-refractivity contribution >= 4 is 11.7 Å². The molecular weight excluding hydrogens is 278 g/mol. The highest BCUT2D eigenvalue weighted by Gasteiger charge is 2.33. The second-order valence-corrected chi connectivity index (χ2v) is 5.28. The summed E-state index contributed by atoms with van der Waals surface area (Å²) < 4.78 is 5.25. The van der Waals surface area contributed by atoms with Crippen LogP contribution in [-0.4, -0.2) is 33.5 Å². The largest absolute Gasteiger partial charge is 0.464 e. The van der Waals surface area contributed by atoms with Crippen molar-refractivity contribution in [2.45, 2.75) is 25.9 Å². The van der Waals surface area contributed by atoms with Gasteiger partial charge >= 0.3 is 5.97 Å². The van der Waals surface area contributed by atoms with Crippen LogP contribution in [0.25, 0.3) is 5.70 Å². The molecule has 1 aromatic heterocycles. The number of imidazole rings is 1. The van der Waals surface area contributed by atoms with Gasteiger partial charge in [-0.15, -0.1) is 0 Å². The van der Waals surface area contributed by atoms with Crippen LogP contribution in [0, 0.1) is 0 Å². The third-order valence-corrected chi connectivity index (χ3v) is 3.96. The van der Waals surface area contributed by atoms with E-state index in [1.54, 1.807) is 12.5 Å². The molecule has 0 spiro atoms. The van der Waals surface area contributed by atoms with E-state index in [0.29, 0.717) is 19.6 Å². The summed E-state index contributed by atoms with van der Waals surface area (Å²) in [6.07, 6.45) is 3.95. The molecule has 5 heteroatoms. The summed E-state index contributed by atoms with van der Waals surface area (Å²) in [5, 5.41) is 0. The zero-order valence-electron chi connectivity index (χ0n) is 12.6. The van der Waals surface area contributed by atoms with Crippen LogP contribution < -0.4 is 0 Å². The first-order chi connectivity index (χ1) is 10.7. The summed E-state index contributed by atoms with van der Waals surface area (Å²) in [6.45, 7) is 6.97. The Morgan fingerprint density at radius 1 is 1.45 bits per heavy atom. The van der Waals surface area contributed by atoms with Crippen LogP contribution in [0.15, 0.2) is 43.4 Å². The Hall–Kier alpha value is -2.56. The Bertz CT molecular complexity index is 679. The third-order valence-electron chi connectivity index (χ3n) is 3.96. The lowest BCUT2D eigenvalue weighted by Gasteiger charge is -2.37. The number of carbonyl (C=O) groups is 1. The molecule has 2 heterocycles. The molecule has 114 valence electrons. The van der Waals surface area contributed by atoms with Crippen molar-refractivity contribution in [3.05, 3.63) is 60.2 Å². The predicted octanol–water partition coefficient (Wildman–Crippen LogP) is 2.37. The number of aromatic nitrogens is 2. The number of aromatic amines is 1. The first-order valence-electron chi connectivity index (χ1n) is 7.38. The van der Waals surface area contributed by atoms with E-state index in [-0.39, 0.29) is 12.0 Å². The van der Waals surface area contributed by atoms with Crippen molar-refractivity contribution in [1.82, 2.24) is 14.9 Å². The Morgan fingerprint density at radius 2 is 2.23 bits per heavy atom. The maximum absolute atomic E-state index is 12.4. The average molecular weight is 297 g/mol. The number of benzene rings is 1. The number of nitrogens with zero attached hydrogens (tertiary/aromatic N) is 2. The predicted molar refractivity (Wildman–Crippen MR) is 83.7 cm³/mol. The van der Waals surface area contributed by atoms with Crippen LogP contribution in [0.4, 0.5) is 0 Å². The molecule has 1 aliphatic rings. The first-order valence-corrected chi connectivity index (χ1v) is 7.38. The SMILES string of the molecule is C=C(c1cnc[nH]1)N1Cc2ccccc2CC1C(=O)OCC. The molecule has 1 N–H and O–H groups in total. The molecule has 0 amide bonds. The molecule has 5 nitrogen and oxygen atoms in total. The van der Waals surface area contributed by atoms with E-state index < -0.39 is 0 Å². The van der Waals surface area contributed by atoms with Crippen molar-refractivity contribution < 1.29 is 9.53 Å².